The first kappa shape index (κ1) is 37.8. The van der Waals surface area contributed by atoms with Crippen molar-refractivity contribution >= 4 is 70.4 Å². The molecule has 0 atom stereocenters. The van der Waals surface area contributed by atoms with Crippen LogP contribution >= 0.6 is 11.3 Å². The van der Waals surface area contributed by atoms with Crippen LogP contribution in [-0.2, 0) is 0 Å². The predicted molar refractivity (Wildman–Crippen MR) is 275 cm³/mol. The molecule has 0 saturated heterocycles. The van der Waals surface area contributed by atoms with Crippen molar-refractivity contribution in [2.75, 3.05) is 4.90 Å². The highest BCUT2D eigenvalue weighted by Gasteiger charge is 2.24. The molecule has 12 aromatic rings. The summed E-state index contributed by atoms with van der Waals surface area (Å²) in [6, 6.07) is 86.4. The van der Waals surface area contributed by atoms with Crippen molar-refractivity contribution in [3.05, 3.63) is 242 Å². The van der Waals surface area contributed by atoms with Crippen LogP contribution < -0.4 is 4.90 Å². The van der Waals surface area contributed by atoms with Gasteiger partial charge in [-0.15, -0.1) is 11.3 Å². The molecule has 0 bridgehead atoms. The number of fused-ring (bicyclic) bond motifs is 6. The van der Waals surface area contributed by atoms with E-state index in [1.54, 1.807) is 0 Å². The van der Waals surface area contributed by atoms with Crippen LogP contribution in [0.1, 0.15) is 5.56 Å². The Bertz CT molecular complexity index is 3620. The van der Waals surface area contributed by atoms with Crippen molar-refractivity contribution in [3.8, 4) is 50.2 Å². The van der Waals surface area contributed by atoms with Gasteiger partial charge in [0, 0.05) is 53.4 Å². The lowest BCUT2D eigenvalue weighted by Crippen LogP contribution is -2.11. The van der Waals surface area contributed by atoms with Crippen molar-refractivity contribution in [1.29, 1.82) is 0 Å². The van der Waals surface area contributed by atoms with Crippen LogP contribution in [0, 0.1) is 6.92 Å². The second-order valence-corrected chi connectivity index (χ2v) is 17.5. The van der Waals surface area contributed by atoms with E-state index >= 15 is 0 Å². The summed E-state index contributed by atoms with van der Waals surface area (Å²) in [6.45, 7) is 2.24. The first-order valence-electron chi connectivity index (χ1n) is 21.9. The zero-order valence-electron chi connectivity index (χ0n) is 35.3. The lowest BCUT2D eigenvalue weighted by molar-refractivity contribution is 1.18. The molecule has 0 aliphatic rings. The van der Waals surface area contributed by atoms with Crippen LogP contribution in [0.25, 0.3) is 92.2 Å². The molecule has 0 saturated carbocycles. The van der Waals surface area contributed by atoms with Gasteiger partial charge in [-0.25, -0.2) is 0 Å². The first-order valence-corrected chi connectivity index (χ1v) is 22.7. The Morgan fingerprint density at radius 2 is 0.875 bits per heavy atom. The number of hydrogen-bond donors (Lipinski definition) is 0. The van der Waals surface area contributed by atoms with Gasteiger partial charge in [0.25, 0.3) is 0 Å². The number of aromatic nitrogens is 1. The van der Waals surface area contributed by atoms with Crippen molar-refractivity contribution in [1.82, 2.24) is 4.57 Å². The SMILES string of the molecule is Cc1cc(N(c2ccc(-c3ccccc3)c(-c3ccccc3)c2)c2ccc(-c3ccccc3-n3c4ccccc4c4ccccc43)c3sc4ccccc4c23)ccc1-c1ccccc1. The lowest BCUT2D eigenvalue weighted by atomic mass is 9.93. The van der Waals surface area contributed by atoms with Crippen molar-refractivity contribution in [2.24, 2.45) is 0 Å². The van der Waals surface area contributed by atoms with Crippen molar-refractivity contribution < 1.29 is 0 Å². The van der Waals surface area contributed by atoms with Gasteiger partial charge in [0.05, 0.1) is 22.4 Å². The normalized spacial score (nSPS) is 11.5. The van der Waals surface area contributed by atoms with E-state index in [0.29, 0.717) is 0 Å². The van der Waals surface area contributed by atoms with E-state index in [1.807, 2.05) is 11.3 Å². The molecule has 302 valence electrons. The molecule has 0 N–H and O–H groups in total. The van der Waals surface area contributed by atoms with Crippen LogP contribution in [0.3, 0.4) is 0 Å². The summed E-state index contributed by atoms with van der Waals surface area (Å²) in [5.41, 5.74) is 17.8. The van der Waals surface area contributed by atoms with Crippen LogP contribution in [0.2, 0.25) is 0 Å². The van der Waals surface area contributed by atoms with E-state index in [4.69, 9.17) is 0 Å². The second-order valence-electron chi connectivity index (χ2n) is 16.5. The molecule has 2 nitrogen and oxygen atoms in total. The monoisotopic (exact) mass is 834 g/mol. The molecule has 0 aliphatic heterocycles. The van der Waals surface area contributed by atoms with Crippen LogP contribution in [0.15, 0.2) is 237 Å². The molecule has 0 unspecified atom stereocenters. The zero-order valence-corrected chi connectivity index (χ0v) is 36.1. The second kappa shape index (κ2) is 15.7. The fourth-order valence-corrected chi connectivity index (χ4v) is 11.1. The maximum atomic E-state index is 2.49. The number of aryl methyl sites for hydroxylation is 1. The highest BCUT2D eigenvalue weighted by molar-refractivity contribution is 7.26. The van der Waals surface area contributed by atoms with Gasteiger partial charge in [0.15, 0.2) is 0 Å². The Balaban J connectivity index is 1.13. The Hall–Kier alpha value is -7.98. The van der Waals surface area contributed by atoms with Crippen LogP contribution in [-0.4, -0.2) is 4.57 Å². The summed E-state index contributed by atoms with van der Waals surface area (Å²) in [4.78, 5) is 2.49. The number of thiophene rings is 1. The van der Waals surface area contributed by atoms with Gasteiger partial charge >= 0.3 is 0 Å². The van der Waals surface area contributed by atoms with Gasteiger partial charge in [-0.2, -0.15) is 0 Å². The summed E-state index contributed by atoms with van der Waals surface area (Å²) in [6.07, 6.45) is 0. The Labute approximate surface area is 377 Å². The van der Waals surface area contributed by atoms with Gasteiger partial charge in [-0.1, -0.05) is 182 Å². The maximum Gasteiger partial charge on any atom is 0.0555 e. The largest absolute Gasteiger partial charge is 0.310 e. The van der Waals surface area contributed by atoms with E-state index in [2.05, 4.69) is 253 Å². The van der Waals surface area contributed by atoms with Gasteiger partial charge < -0.3 is 9.47 Å². The molecular formula is C61H42N2S. The molecule has 0 amide bonds. The molecule has 0 fully saturated rings. The third-order valence-electron chi connectivity index (χ3n) is 12.7. The number of anilines is 3. The molecule has 0 radical (unpaired) electrons. The smallest absolute Gasteiger partial charge is 0.0555 e. The van der Waals surface area contributed by atoms with E-state index in [-0.39, 0.29) is 0 Å². The third kappa shape index (κ3) is 6.32. The predicted octanol–water partition coefficient (Wildman–Crippen LogP) is 17.6. The molecule has 2 heterocycles. The van der Waals surface area contributed by atoms with Gasteiger partial charge in [-0.05, 0) is 100 Å². The highest BCUT2D eigenvalue weighted by atomic mass is 32.1. The maximum absolute atomic E-state index is 2.49. The number of hydrogen-bond acceptors (Lipinski definition) is 2. The fraction of sp³-hybridized carbons (Fsp3) is 0.0164. The summed E-state index contributed by atoms with van der Waals surface area (Å²) >= 11 is 1.88. The summed E-state index contributed by atoms with van der Waals surface area (Å²) in [5.74, 6) is 0. The number of para-hydroxylation sites is 3. The first-order chi connectivity index (χ1) is 31.7. The van der Waals surface area contributed by atoms with Crippen LogP contribution in [0.4, 0.5) is 17.1 Å². The minimum absolute atomic E-state index is 1.10. The Kier molecular flexibility index (Phi) is 9.28. The third-order valence-corrected chi connectivity index (χ3v) is 13.9. The summed E-state index contributed by atoms with van der Waals surface area (Å²) in [5, 5.41) is 5.01. The van der Waals surface area contributed by atoms with Gasteiger partial charge in [-0.3, -0.25) is 0 Å². The Morgan fingerprint density at radius 3 is 1.53 bits per heavy atom. The molecule has 2 aromatic heterocycles. The zero-order chi connectivity index (χ0) is 42.6. The van der Waals surface area contributed by atoms with Crippen molar-refractivity contribution in [3.63, 3.8) is 0 Å². The minimum atomic E-state index is 1.10. The average Bonchev–Trinajstić information content (AvgIpc) is 3.92. The summed E-state index contributed by atoms with van der Waals surface area (Å²) < 4.78 is 4.98. The molecule has 12 rings (SSSR count). The fourth-order valence-electron chi connectivity index (χ4n) is 9.84. The topological polar surface area (TPSA) is 8.17 Å². The standard InChI is InChI=1S/C61H42N2S/c1-41-39-45(33-35-47(41)42-19-5-2-6-20-42)62(46-34-36-48(43-21-7-3-8-22-43)54(40-46)44-23-9-4-10-24-44)58-38-37-52(61-60(58)53-28-14-18-32-59(53)64-61)51-27-13-17-31-57(51)63-55-29-15-11-25-49(55)50-26-12-16-30-56(50)63/h2-40H,1H3. The average molecular weight is 835 g/mol. The lowest BCUT2D eigenvalue weighted by Gasteiger charge is -2.29. The van der Waals surface area contributed by atoms with Crippen molar-refractivity contribution in [2.45, 2.75) is 6.92 Å². The minimum Gasteiger partial charge on any atom is -0.310 e. The van der Waals surface area contributed by atoms with E-state index < -0.39 is 0 Å². The van der Waals surface area contributed by atoms with E-state index in [1.165, 1.54) is 97.7 Å². The molecule has 0 aliphatic carbocycles. The highest BCUT2D eigenvalue weighted by Crippen LogP contribution is 2.50. The molecule has 3 heteroatoms. The summed E-state index contributed by atoms with van der Waals surface area (Å²) in [7, 11) is 0. The molecule has 10 aromatic carbocycles. The quantitative estimate of drug-likeness (QED) is 0.148. The van der Waals surface area contributed by atoms with Crippen LogP contribution in [0.5, 0.6) is 0 Å². The van der Waals surface area contributed by atoms with Gasteiger partial charge in [0.1, 0.15) is 0 Å². The van der Waals surface area contributed by atoms with E-state index in [9.17, 15) is 0 Å². The molecular weight excluding hydrogens is 793 g/mol. The number of rotatable bonds is 8. The number of benzene rings is 10. The Morgan fingerprint density at radius 1 is 0.375 bits per heavy atom. The molecule has 64 heavy (non-hydrogen) atoms. The van der Waals surface area contributed by atoms with E-state index in [0.717, 1.165) is 17.1 Å². The molecule has 0 spiro atoms. The number of nitrogens with zero attached hydrogens (tertiary/aromatic N) is 2. The van der Waals surface area contributed by atoms with Gasteiger partial charge in [0.2, 0.25) is 0 Å².